The van der Waals surface area contributed by atoms with Gasteiger partial charge in [0.05, 0.1) is 24.0 Å². The van der Waals surface area contributed by atoms with Crippen molar-refractivity contribution < 1.29 is 19.1 Å². The number of fused-ring (bicyclic) bond motifs is 2. The maximum absolute atomic E-state index is 13.3. The molecule has 4 atom stereocenters. The Hall–Kier alpha value is -2.57. The summed E-state index contributed by atoms with van der Waals surface area (Å²) in [6.45, 7) is 9.11. The van der Waals surface area contributed by atoms with Crippen molar-refractivity contribution in [2.75, 3.05) is 19.6 Å². The minimum absolute atomic E-state index is 0.00556. The van der Waals surface area contributed by atoms with Crippen LogP contribution in [0.15, 0.2) is 30.3 Å². The molecule has 168 valence electrons. The summed E-state index contributed by atoms with van der Waals surface area (Å²) in [5.74, 6) is -0.243. The number of nitrogens with zero attached hydrogens (tertiary/aromatic N) is 3. The lowest BCUT2D eigenvalue weighted by Gasteiger charge is -2.42. The van der Waals surface area contributed by atoms with E-state index in [1.165, 1.54) is 0 Å². The van der Waals surface area contributed by atoms with Crippen LogP contribution in [0.25, 0.3) is 0 Å². The highest BCUT2D eigenvalue weighted by Gasteiger charge is 2.47. The second-order valence-electron chi connectivity index (χ2n) is 10.0. The molecule has 3 aliphatic rings. The molecule has 0 saturated carbocycles. The first-order valence-electron chi connectivity index (χ1n) is 11.3. The Morgan fingerprint density at radius 1 is 1.03 bits per heavy atom. The average Bonchev–Trinajstić information content (AvgIpc) is 3.23. The van der Waals surface area contributed by atoms with E-state index in [2.05, 4.69) is 0 Å². The molecular weight excluding hydrogens is 394 g/mol. The average molecular weight is 428 g/mol. The predicted molar refractivity (Wildman–Crippen MR) is 116 cm³/mol. The van der Waals surface area contributed by atoms with Crippen molar-refractivity contribution in [3.63, 3.8) is 0 Å². The van der Waals surface area contributed by atoms with Crippen molar-refractivity contribution >= 4 is 17.9 Å². The molecule has 2 bridgehead atoms. The number of benzene rings is 1. The maximum Gasteiger partial charge on any atom is 0.410 e. The lowest BCUT2D eigenvalue weighted by molar-refractivity contribution is -0.139. The summed E-state index contributed by atoms with van der Waals surface area (Å²) < 4.78 is 5.58. The maximum atomic E-state index is 13.3. The number of rotatable bonds is 3. The number of carbonyl (C=O) groups is 3. The molecule has 0 aromatic heterocycles. The van der Waals surface area contributed by atoms with Gasteiger partial charge in [0.15, 0.2) is 0 Å². The lowest BCUT2D eigenvalue weighted by atomic mass is 10.0. The molecule has 4 unspecified atom stereocenters. The first-order valence-corrected chi connectivity index (χ1v) is 11.3. The Balaban J connectivity index is 1.39. The van der Waals surface area contributed by atoms with Crippen LogP contribution in [0.1, 0.15) is 58.6 Å². The lowest BCUT2D eigenvalue weighted by Crippen LogP contribution is -2.58. The molecule has 0 radical (unpaired) electrons. The summed E-state index contributed by atoms with van der Waals surface area (Å²) in [6.07, 6.45) is 1.74. The monoisotopic (exact) mass is 427 g/mol. The summed E-state index contributed by atoms with van der Waals surface area (Å²) in [7, 11) is 0. The normalized spacial score (nSPS) is 26.9. The van der Waals surface area contributed by atoms with Crippen LogP contribution in [0.2, 0.25) is 0 Å². The van der Waals surface area contributed by atoms with Gasteiger partial charge < -0.3 is 14.5 Å². The van der Waals surface area contributed by atoms with Gasteiger partial charge in [-0.25, -0.2) is 4.79 Å². The third-order valence-electron chi connectivity index (χ3n) is 6.66. The fourth-order valence-corrected chi connectivity index (χ4v) is 5.14. The van der Waals surface area contributed by atoms with E-state index in [1.54, 1.807) is 0 Å². The Morgan fingerprint density at radius 2 is 1.65 bits per heavy atom. The van der Waals surface area contributed by atoms with Gasteiger partial charge in [-0.3, -0.25) is 14.5 Å². The first-order chi connectivity index (χ1) is 14.6. The van der Waals surface area contributed by atoms with E-state index >= 15 is 0 Å². The standard InChI is InChI=1S/C24H33N3O4/c1-16(17-8-6-5-7-9-17)26-13-18(12-21(26)28)22(29)25-14-19-10-11-20(15-25)27(19)23(30)31-24(2,3)4/h5-9,16,18-20H,10-15H2,1-4H3. The van der Waals surface area contributed by atoms with Gasteiger partial charge in [0.25, 0.3) is 0 Å². The van der Waals surface area contributed by atoms with Crippen molar-refractivity contribution in [3.8, 4) is 0 Å². The van der Waals surface area contributed by atoms with E-state index in [0.29, 0.717) is 19.6 Å². The van der Waals surface area contributed by atoms with Gasteiger partial charge in [0.2, 0.25) is 11.8 Å². The van der Waals surface area contributed by atoms with E-state index < -0.39 is 5.60 Å². The van der Waals surface area contributed by atoms with Gasteiger partial charge in [0.1, 0.15) is 5.60 Å². The molecule has 0 spiro atoms. The molecule has 4 rings (SSSR count). The van der Waals surface area contributed by atoms with Crippen LogP contribution in [-0.2, 0) is 14.3 Å². The topological polar surface area (TPSA) is 70.2 Å². The molecule has 3 aliphatic heterocycles. The molecule has 3 fully saturated rings. The van der Waals surface area contributed by atoms with Crippen LogP contribution in [-0.4, -0.2) is 69.9 Å². The van der Waals surface area contributed by atoms with Crippen LogP contribution in [0.3, 0.4) is 0 Å². The van der Waals surface area contributed by atoms with Crippen molar-refractivity contribution in [2.45, 2.75) is 70.7 Å². The summed E-state index contributed by atoms with van der Waals surface area (Å²) in [4.78, 5) is 44.2. The fourth-order valence-electron chi connectivity index (χ4n) is 5.14. The molecule has 1 aromatic rings. The fraction of sp³-hybridized carbons (Fsp3) is 0.625. The highest BCUT2D eigenvalue weighted by atomic mass is 16.6. The Bertz CT molecular complexity index is 836. The third kappa shape index (κ3) is 4.41. The molecule has 7 nitrogen and oxygen atoms in total. The Kier molecular flexibility index (Phi) is 5.71. The van der Waals surface area contributed by atoms with Crippen LogP contribution in [0.5, 0.6) is 0 Å². The molecular formula is C24H33N3O4. The smallest absolute Gasteiger partial charge is 0.410 e. The van der Waals surface area contributed by atoms with Crippen molar-refractivity contribution in [1.82, 2.24) is 14.7 Å². The zero-order chi connectivity index (χ0) is 22.3. The zero-order valence-electron chi connectivity index (χ0n) is 18.9. The van der Waals surface area contributed by atoms with E-state index in [0.717, 1.165) is 18.4 Å². The second kappa shape index (κ2) is 8.17. The van der Waals surface area contributed by atoms with Crippen molar-refractivity contribution in [1.29, 1.82) is 0 Å². The summed E-state index contributed by atoms with van der Waals surface area (Å²) >= 11 is 0. The highest BCUT2D eigenvalue weighted by Crippen LogP contribution is 2.34. The van der Waals surface area contributed by atoms with Gasteiger partial charge in [0, 0.05) is 26.1 Å². The van der Waals surface area contributed by atoms with Crippen LogP contribution < -0.4 is 0 Å². The third-order valence-corrected chi connectivity index (χ3v) is 6.66. The number of hydrogen-bond donors (Lipinski definition) is 0. The molecule has 3 heterocycles. The van der Waals surface area contributed by atoms with Crippen molar-refractivity contribution in [3.05, 3.63) is 35.9 Å². The molecule has 7 heteroatoms. The minimum Gasteiger partial charge on any atom is -0.444 e. The molecule has 0 N–H and O–H groups in total. The number of ether oxygens (including phenoxy) is 1. The number of hydrogen-bond acceptors (Lipinski definition) is 4. The molecule has 0 aliphatic carbocycles. The van der Waals surface area contributed by atoms with Gasteiger partial charge in [-0.2, -0.15) is 0 Å². The minimum atomic E-state index is -0.535. The summed E-state index contributed by atoms with van der Waals surface area (Å²) in [6, 6.07) is 9.86. The number of piperazine rings is 1. The van der Waals surface area contributed by atoms with Gasteiger partial charge in [-0.05, 0) is 46.1 Å². The summed E-state index contributed by atoms with van der Waals surface area (Å²) in [5.41, 5.74) is 0.542. The van der Waals surface area contributed by atoms with E-state index in [-0.39, 0.29) is 48.4 Å². The van der Waals surface area contributed by atoms with E-state index in [4.69, 9.17) is 4.74 Å². The van der Waals surface area contributed by atoms with Crippen LogP contribution in [0, 0.1) is 5.92 Å². The van der Waals surface area contributed by atoms with Crippen LogP contribution in [0.4, 0.5) is 4.79 Å². The Morgan fingerprint density at radius 3 is 2.23 bits per heavy atom. The SMILES string of the molecule is CC(c1ccccc1)N1CC(C(=O)N2CC3CCC(C2)N3C(=O)OC(C)(C)C)CC1=O. The van der Waals surface area contributed by atoms with Crippen molar-refractivity contribution in [2.24, 2.45) is 5.92 Å². The quantitative estimate of drug-likeness (QED) is 0.743. The number of amides is 3. The summed E-state index contributed by atoms with van der Waals surface area (Å²) in [5, 5.41) is 0. The largest absolute Gasteiger partial charge is 0.444 e. The molecule has 3 saturated heterocycles. The highest BCUT2D eigenvalue weighted by molar-refractivity contribution is 5.89. The molecule has 31 heavy (non-hydrogen) atoms. The van der Waals surface area contributed by atoms with E-state index in [9.17, 15) is 14.4 Å². The first kappa shape index (κ1) is 21.7. The number of carbonyl (C=O) groups excluding carboxylic acids is 3. The second-order valence-corrected chi connectivity index (χ2v) is 10.0. The zero-order valence-corrected chi connectivity index (χ0v) is 18.9. The van der Waals surface area contributed by atoms with Gasteiger partial charge in [-0.15, -0.1) is 0 Å². The van der Waals surface area contributed by atoms with E-state index in [1.807, 2.05) is 72.7 Å². The van der Waals surface area contributed by atoms with Crippen LogP contribution >= 0.6 is 0 Å². The van der Waals surface area contributed by atoms with Gasteiger partial charge >= 0.3 is 6.09 Å². The van der Waals surface area contributed by atoms with Gasteiger partial charge in [-0.1, -0.05) is 30.3 Å². The predicted octanol–water partition coefficient (Wildman–Crippen LogP) is 3.21. The number of likely N-dealkylation sites (tertiary alicyclic amines) is 2. The molecule has 1 aromatic carbocycles. The molecule has 3 amide bonds. The Labute approximate surface area is 184 Å².